The average Bonchev–Trinajstić information content (AvgIpc) is 2.38. The maximum absolute atomic E-state index is 13.5. The van der Waals surface area contributed by atoms with Gasteiger partial charge in [0.2, 0.25) is 0 Å². The van der Waals surface area contributed by atoms with Gasteiger partial charge >= 0.3 is 0 Å². The van der Waals surface area contributed by atoms with Crippen molar-refractivity contribution in [2.24, 2.45) is 0 Å². The van der Waals surface area contributed by atoms with Crippen LogP contribution in [0.25, 0.3) is 0 Å². The van der Waals surface area contributed by atoms with E-state index in [9.17, 15) is 4.39 Å². The first-order valence-electron chi connectivity index (χ1n) is 5.50. The predicted octanol–water partition coefficient (Wildman–Crippen LogP) is 3.71. The van der Waals surface area contributed by atoms with Crippen LogP contribution in [-0.2, 0) is 5.75 Å². The van der Waals surface area contributed by atoms with Crippen LogP contribution in [-0.4, -0.2) is 7.11 Å². The zero-order chi connectivity index (χ0) is 13.0. The minimum absolute atomic E-state index is 0.203. The topological polar surface area (TPSA) is 35.2 Å². The van der Waals surface area contributed by atoms with Crippen molar-refractivity contribution in [3.05, 3.63) is 53.8 Å². The van der Waals surface area contributed by atoms with Crippen LogP contribution in [0.3, 0.4) is 0 Å². The van der Waals surface area contributed by atoms with Gasteiger partial charge in [-0.3, -0.25) is 0 Å². The van der Waals surface area contributed by atoms with E-state index in [4.69, 9.17) is 10.5 Å². The van der Waals surface area contributed by atoms with Crippen LogP contribution in [0.5, 0.6) is 5.75 Å². The van der Waals surface area contributed by atoms with Crippen molar-refractivity contribution < 1.29 is 9.13 Å². The molecule has 0 radical (unpaired) electrons. The average molecular weight is 263 g/mol. The van der Waals surface area contributed by atoms with Crippen molar-refractivity contribution in [1.82, 2.24) is 0 Å². The summed E-state index contributed by atoms with van der Waals surface area (Å²) < 4.78 is 18.7. The number of hydrogen-bond donors (Lipinski definition) is 1. The molecule has 2 N–H and O–H groups in total. The second kappa shape index (κ2) is 5.78. The number of halogens is 1. The summed E-state index contributed by atoms with van der Waals surface area (Å²) in [5.74, 6) is 1.19. The van der Waals surface area contributed by atoms with E-state index in [0.717, 1.165) is 11.3 Å². The molecular formula is C14H14FNOS. The minimum atomic E-state index is -0.203. The first kappa shape index (κ1) is 12.8. The molecule has 94 valence electrons. The highest BCUT2D eigenvalue weighted by atomic mass is 32.2. The lowest BCUT2D eigenvalue weighted by Gasteiger charge is -2.09. The lowest BCUT2D eigenvalue weighted by Crippen LogP contribution is -1.93. The number of ether oxygens (including phenoxy) is 1. The van der Waals surface area contributed by atoms with Gasteiger partial charge in [-0.15, -0.1) is 11.8 Å². The van der Waals surface area contributed by atoms with Gasteiger partial charge in [-0.1, -0.05) is 12.1 Å². The van der Waals surface area contributed by atoms with E-state index in [1.165, 1.54) is 17.8 Å². The van der Waals surface area contributed by atoms with Gasteiger partial charge in [0.15, 0.2) is 0 Å². The van der Waals surface area contributed by atoms with Crippen LogP contribution in [0, 0.1) is 5.82 Å². The van der Waals surface area contributed by atoms with Crippen molar-refractivity contribution in [3.8, 4) is 5.75 Å². The maximum atomic E-state index is 13.5. The molecule has 0 saturated heterocycles. The lowest BCUT2D eigenvalue weighted by molar-refractivity contribution is 0.411. The Labute approximate surface area is 110 Å². The number of hydrogen-bond acceptors (Lipinski definition) is 3. The van der Waals surface area contributed by atoms with Crippen LogP contribution >= 0.6 is 11.8 Å². The molecule has 0 aliphatic carbocycles. The van der Waals surface area contributed by atoms with Crippen molar-refractivity contribution >= 4 is 17.4 Å². The van der Waals surface area contributed by atoms with Gasteiger partial charge in [0, 0.05) is 21.9 Å². The Kier molecular flexibility index (Phi) is 4.10. The van der Waals surface area contributed by atoms with Gasteiger partial charge in [-0.25, -0.2) is 4.39 Å². The molecule has 18 heavy (non-hydrogen) atoms. The molecular weight excluding hydrogens is 249 g/mol. The van der Waals surface area contributed by atoms with Crippen LogP contribution < -0.4 is 10.5 Å². The zero-order valence-electron chi connectivity index (χ0n) is 10.0. The summed E-state index contributed by atoms with van der Waals surface area (Å²) in [5.41, 5.74) is 7.39. The van der Waals surface area contributed by atoms with Crippen LogP contribution in [0.4, 0.5) is 10.1 Å². The molecule has 0 heterocycles. The summed E-state index contributed by atoms with van der Waals surface area (Å²) in [6.45, 7) is 0. The number of benzene rings is 2. The maximum Gasteiger partial charge on any atom is 0.136 e. The van der Waals surface area contributed by atoms with E-state index in [0.29, 0.717) is 16.3 Å². The van der Waals surface area contributed by atoms with E-state index in [-0.39, 0.29) is 5.82 Å². The molecule has 0 spiro atoms. The monoisotopic (exact) mass is 263 g/mol. The number of anilines is 1. The molecule has 4 heteroatoms. The van der Waals surface area contributed by atoms with E-state index in [1.807, 2.05) is 18.2 Å². The van der Waals surface area contributed by atoms with Gasteiger partial charge in [0.1, 0.15) is 11.6 Å². The number of rotatable bonds is 4. The largest absolute Gasteiger partial charge is 0.496 e. The summed E-state index contributed by atoms with van der Waals surface area (Å²) in [4.78, 5) is 0.627. The Hall–Kier alpha value is -1.68. The Bertz CT molecular complexity index is 545. The van der Waals surface area contributed by atoms with Crippen molar-refractivity contribution in [2.45, 2.75) is 10.6 Å². The van der Waals surface area contributed by atoms with Gasteiger partial charge in [-0.2, -0.15) is 0 Å². The second-order valence-electron chi connectivity index (χ2n) is 3.79. The summed E-state index contributed by atoms with van der Waals surface area (Å²) in [7, 11) is 1.61. The van der Waals surface area contributed by atoms with E-state index in [1.54, 1.807) is 25.3 Å². The third-order valence-electron chi connectivity index (χ3n) is 2.52. The van der Waals surface area contributed by atoms with E-state index < -0.39 is 0 Å². The molecule has 0 amide bonds. The summed E-state index contributed by atoms with van der Waals surface area (Å²) in [5, 5.41) is 0. The van der Waals surface area contributed by atoms with Crippen LogP contribution in [0.2, 0.25) is 0 Å². The van der Waals surface area contributed by atoms with Gasteiger partial charge in [0.05, 0.1) is 7.11 Å². The fourth-order valence-corrected chi connectivity index (χ4v) is 2.55. The molecule has 0 unspecified atom stereocenters. The zero-order valence-corrected chi connectivity index (χ0v) is 10.8. The minimum Gasteiger partial charge on any atom is -0.496 e. The molecule has 2 nitrogen and oxygen atoms in total. The summed E-state index contributed by atoms with van der Waals surface area (Å²) >= 11 is 1.43. The molecule has 0 bridgehead atoms. The number of thioether (sulfide) groups is 1. The third kappa shape index (κ3) is 2.96. The number of methoxy groups -OCH3 is 1. The van der Waals surface area contributed by atoms with Crippen LogP contribution in [0.1, 0.15) is 5.56 Å². The quantitative estimate of drug-likeness (QED) is 0.674. The molecule has 0 aliphatic heterocycles. The predicted molar refractivity (Wildman–Crippen MR) is 73.4 cm³/mol. The first-order valence-corrected chi connectivity index (χ1v) is 6.49. The Morgan fingerprint density at radius 1 is 1.22 bits per heavy atom. The fourth-order valence-electron chi connectivity index (χ4n) is 1.63. The van der Waals surface area contributed by atoms with E-state index >= 15 is 0 Å². The van der Waals surface area contributed by atoms with Crippen molar-refractivity contribution in [1.29, 1.82) is 0 Å². The first-order chi connectivity index (χ1) is 8.70. The molecule has 2 aromatic carbocycles. The molecule has 2 rings (SSSR count). The molecule has 0 saturated carbocycles. The Balaban J connectivity index is 2.15. The third-order valence-corrected chi connectivity index (χ3v) is 3.62. The Morgan fingerprint density at radius 3 is 2.72 bits per heavy atom. The van der Waals surface area contributed by atoms with Crippen LogP contribution in [0.15, 0.2) is 47.4 Å². The SMILES string of the molecule is COc1ccc(N)cc1CSc1ccccc1F. The molecule has 0 aromatic heterocycles. The van der Waals surface area contributed by atoms with Gasteiger partial charge in [-0.05, 0) is 30.3 Å². The number of nitrogen functional groups attached to an aromatic ring is 1. The summed E-state index contributed by atoms with van der Waals surface area (Å²) in [6.07, 6.45) is 0. The van der Waals surface area contributed by atoms with Gasteiger partial charge < -0.3 is 10.5 Å². The molecule has 0 atom stereocenters. The second-order valence-corrected chi connectivity index (χ2v) is 4.81. The van der Waals surface area contributed by atoms with Crippen molar-refractivity contribution in [3.63, 3.8) is 0 Å². The lowest BCUT2D eigenvalue weighted by atomic mass is 10.2. The highest BCUT2D eigenvalue weighted by molar-refractivity contribution is 7.98. The highest BCUT2D eigenvalue weighted by Crippen LogP contribution is 2.30. The Morgan fingerprint density at radius 2 is 2.00 bits per heavy atom. The molecule has 0 fully saturated rings. The van der Waals surface area contributed by atoms with Crippen molar-refractivity contribution in [2.75, 3.05) is 12.8 Å². The normalized spacial score (nSPS) is 10.3. The number of nitrogens with two attached hydrogens (primary N) is 1. The molecule has 0 aliphatic rings. The van der Waals surface area contributed by atoms with Gasteiger partial charge in [0.25, 0.3) is 0 Å². The fraction of sp³-hybridized carbons (Fsp3) is 0.143. The highest BCUT2D eigenvalue weighted by Gasteiger charge is 2.06. The van der Waals surface area contributed by atoms with E-state index in [2.05, 4.69) is 0 Å². The summed E-state index contributed by atoms with van der Waals surface area (Å²) in [6, 6.07) is 12.2. The molecule has 2 aromatic rings. The standard InChI is InChI=1S/C14H14FNOS/c1-17-13-7-6-11(16)8-10(13)9-18-14-5-3-2-4-12(14)15/h2-8H,9,16H2,1H3. The smallest absolute Gasteiger partial charge is 0.136 e.